The van der Waals surface area contributed by atoms with Crippen LogP contribution in [0.1, 0.15) is 30.0 Å². The highest BCUT2D eigenvalue weighted by Crippen LogP contribution is 2.27. The zero-order valence-corrected chi connectivity index (χ0v) is 11.9. The normalized spacial score (nSPS) is 10.9. The van der Waals surface area contributed by atoms with Gasteiger partial charge < -0.3 is 4.79 Å². The molecule has 0 aliphatic heterocycles. The Balaban J connectivity index is 2.23. The zero-order chi connectivity index (χ0) is 14.2. The van der Waals surface area contributed by atoms with Crippen molar-refractivity contribution in [1.82, 2.24) is 4.90 Å². The highest BCUT2D eigenvalue weighted by Gasteiger charge is 2.18. The highest BCUT2D eigenvalue weighted by atomic mass is 16.1. The van der Waals surface area contributed by atoms with Crippen LogP contribution in [0.15, 0.2) is 60.7 Å². The second-order valence-electron chi connectivity index (χ2n) is 5.01. The van der Waals surface area contributed by atoms with E-state index >= 15 is 0 Å². The number of aldehydes is 1. The Morgan fingerprint density at radius 3 is 1.90 bits per heavy atom. The average molecular weight is 267 g/mol. The molecule has 0 fully saturated rings. The molecule has 0 amide bonds. The third kappa shape index (κ3) is 3.78. The van der Waals surface area contributed by atoms with Crippen molar-refractivity contribution < 1.29 is 4.79 Å². The summed E-state index contributed by atoms with van der Waals surface area (Å²) in [5.41, 5.74) is 2.57. The maximum absolute atomic E-state index is 10.5. The summed E-state index contributed by atoms with van der Waals surface area (Å²) in [5, 5.41) is 0. The predicted octanol–water partition coefficient (Wildman–Crippen LogP) is 3.69. The molecule has 0 bridgehead atoms. The first-order valence-electron chi connectivity index (χ1n) is 7.06. The van der Waals surface area contributed by atoms with Crippen LogP contribution in [0.5, 0.6) is 0 Å². The fourth-order valence-electron chi connectivity index (χ4n) is 2.53. The summed E-state index contributed by atoms with van der Waals surface area (Å²) >= 11 is 0. The Labute approximate surface area is 121 Å². The number of rotatable bonds is 7. The predicted molar refractivity (Wildman–Crippen MR) is 82.7 cm³/mol. The molecule has 104 valence electrons. The lowest BCUT2D eigenvalue weighted by atomic mass is 9.97. The summed E-state index contributed by atoms with van der Waals surface area (Å²) in [5.74, 6) is 0. The maximum Gasteiger partial charge on any atom is 0.120 e. The number of hydrogen-bond donors (Lipinski definition) is 0. The summed E-state index contributed by atoms with van der Waals surface area (Å²) in [6.07, 6.45) is 2.52. The third-order valence-corrected chi connectivity index (χ3v) is 3.50. The molecule has 0 radical (unpaired) electrons. The van der Waals surface area contributed by atoms with Gasteiger partial charge in [-0.15, -0.1) is 0 Å². The van der Waals surface area contributed by atoms with Crippen LogP contribution in [0.2, 0.25) is 0 Å². The number of unbranched alkanes of at least 4 members (excludes halogenated alkanes) is 1. The van der Waals surface area contributed by atoms with Crippen LogP contribution in [0.4, 0.5) is 0 Å². The molecule has 0 unspecified atom stereocenters. The summed E-state index contributed by atoms with van der Waals surface area (Å²) in [4.78, 5) is 12.8. The fraction of sp³-hybridized carbons (Fsp3) is 0.278. The number of carbonyl (C=O) groups is 1. The molecule has 2 aromatic carbocycles. The smallest absolute Gasteiger partial charge is 0.120 e. The number of benzene rings is 2. The molecule has 0 N–H and O–H groups in total. The van der Waals surface area contributed by atoms with Gasteiger partial charge in [-0.1, -0.05) is 60.7 Å². The molecule has 2 heteroatoms. The van der Waals surface area contributed by atoms with Crippen LogP contribution in [0, 0.1) is 0 Å². The van der Waals surface area contributed by atoms with Crippen LogP contribution < -0.4 is 0 Å². The molecule has 0 aromatic heterocycles. The molecule has 0 saturated carbocycles. The molecule has 0 heterocycles. The van der Waals surface area contributed by atoms with Crippen molar-refractivity contribution in [2.45, 2.75) is 18.9 Å². The van der Waals surface area contributed by atoms with E-state index in [2.05, 4.69) is 60.5 Å². The lowest BCUT2D eigenvalue weighted by Crippen LogP contribution is -2.26. The molecule has 0 aliphatic carbocycles. The monoisotopic (exact) mass is 267 g/mol. The van der Waals surface area contributed by atoms with E-state index in [1.807, 2.05) is 12.1 Å². The van der Waals surface area contributed by atoms with Gasteiger partial charge in [0, 0.05) is 6.42 Å². The van der Waals surface area contributed by atoms with Gasteiger partial charge in [-0.2, -0.15) is 0 Å². The van der Waals surface area contributed by atoms with Gasteiger partial charge in [-0.05, 0) is 31.1 Å². The lowest BCUT2D eigenvalue weighted by molar-refractivity contribution is -0.108. The SMILES string of the molecule is CN(CCCC=O)C(c1ccccc1)c1ccccc1. The molecule has 0 saturated heterocycles. The van der Waals surface area contributed by atoms with Crippen molar-refractivity contribution in [3.8, 4) is 0 Å². The largest absolute Gasteiger partial charge is 0.303 e. The van der Waals surface area contributed by atoms with Crippen LogP contribution >= 0.6 is 0 Å². The van der Waals surface area contributed by atoms with Gasteiger partial charge in [-0.3, -0.25) is 4.90 Å². The summed E-state index contributed by atoms with van der Waals surface area (Å²) in [6, 6.07) is 21.3. The van der Waals surface area contributed by atoms with Gasteiger partial charge in [-0.25, -0.2) is 0 Å². The van der Waals surface area contributed by atoms with Crippen molar-refractivity contribution in [3.63, 3.8) is 0 Å². The van der Waals surface area contributed by atoms with Crippen molar-refractivity contribution in [2.75, 3.05) is 13.6 Å². The highest BCUT2D eigenvalue weighted by molar-refractivity contribution is 5.49. The Bertz CT molecular complexity index is 470. The molecule has 20 heavy (non-hydrogen) atoms. The minimum absolute atomic E-state index is 0.240. The quantitative estimate of drug-likeness (QED) is 0.563. The second-order valence-corrected chi connectivity index (χ2v) is 5.01. The topological polar surface area (TPSA) is 20.3 Å². The van der Waals surface area contributed by atoms with E-state index in [-0.39, 0.29) is 6.04 Å². The zero-order valence-electron chi connectivity index (χ0n) is 11.9. The molecule has 0 spiro atoms. The van der Waals surface area contributed by atoms with Crippen LogP contribution in [0.3, 0.4) is 0 Å². The van der Waals surface area contributed by atoms with Crippen LogP contribution in [-0.2, 0) is 4.79 Å². The molecule has 0 atom stereocenters. The Morgan fingerprint density at radius 1 is 0.950 bits per heavy atom. The molecule has 0 aliphatic rings. The van der Waals surface area contributed by atoms with Gasteiger partial charge in [0.15, 0.2) is 0 Å². The standard InChI is InChI=1S/C18H21NO/c1-19(14-8-9-15-20)18(16-10-4-2-5-11-16)17-12-6-3-7-13-17/h2-7,10-13,15,18H,8-9,14H2,1H3. The van der Waals surface area contributed by atoms with E-state index in [4.69, 9.17) is 0 Å². The van der Waals surface area contributed by atoms with Crippen molar-refractivity contribution in [3.05, 3.63) is 71.8 Å². The van der Waals surface area contributed by atoms with E-state index in [0.29, 0.717) is 6.42 Å². The molecular weight excluding hydrogens is 246 g/mol. The average Bonchev–Trinajstić information content (AvgIpc) is 2.50. The minimum Gasteiger partial charge on any atom is -0.303 e. The maximum atomic E-state index is 10.5. The molecular formula is C18H21NO. The van der Waals surface area contributed by atoms with Crippen LogP contribution in [0.25, 0.3) is 0 Å². The fourth-order valence-corrected chi connectivity index (χ4v) is 2.53. The van der Waals surface area contributed by atoms with Gasteiger partial charge >= 0.3 is 0 Å². The van der Waals surface area contributed by atoms with Crippen molar-refractivity contribution in [1.29, 1.82) is 0 Å². The minimum atomic E-state index is 0.240. The first kappa shape index (κ1) is 14.5. The van der Waals surface area contributed by atoms with Gasteiger partial charge in [0.05, 0.1) is 6.04 Å². The summed E-state index contributed by atoms with van der Waals surface area (Å²) < 4.78 is 0. The molecule has 2 aromatic rings. The molecule has 2 rings (SSSR count). The second kappa shape index (κ2) is 7.61. The summed E-state index contributed by atoms with van der Waals surface area (Å²) in [6.45, 7) is 0.910. The van der Waals surface area contributed by atoms with Gasteiger partial charge in [0.1, 0.15) is 6.29 Å². The van der Waals surface area contributed by atoms with E-state index < -0.39 is 0 Å². The van der Waals surface area contributed by atoms with E-state index in [1.54, 1.807) is 0 Å². The van der Waals surface area contributed by atoms with Crippen molar-refractivity contribution in [2.24, 2.45) is 0 Å². The van der Waals surface area contributed by atoms with Crippen molar-refractivity contribution >= 4 is 6.29 Å². The van der Waals surface area contributed by atoms with Crippen LogP contribution in [-0.4, -0.2) is 24.8 Å². The van der Waals surface area contributed by atoms with E-state index in [1.165, 1.54) is 11.1 Å². The first-order valence-corrected chi connectivity index (χ1v) is 7.06. The molecule has 2 nitrogen and oxygen atoms in total. The number of nitrogens with zero attached hydrogens (tertiary/aromatic N) is 1. The van der Waals surface area contributed by atoms with E-state index in [9.17, 15) is 4.79 Å². The summed E-state index contributed by atoms with van der Waals surface area (Å²) in [7, 11) is 2.12. The Kier molecular flexibility index (Phi) is 5.51. The van der Waals surface area contributed by atoms with Gasteiger partial charge in [0.25, 0.3) is 0 Å². The Morgan fingerprint density at radius 2 is 1.45 bits per heavy atom. The number of hydrogen-bond acceptors (Lipinski definition) is 2. The lowest BCUT2D eigenvalue weighted by Gasteiger charge is -2.29. The van der Waals surface area contributed by atoms with Gasteiger partial charge in [0.2, 0.25) is 0 Å². The number of carbonyl (C=O) groups excluding carboxylic acids is 1. The first-order chi connectivity index (χ1) is 9.83. The third-order valence-electron chi connectivity index (χ3n) is 3.50. The Hall–Kier alpha value is -1.93. The van der Waals surface area contributed by atoms with E-state index in [0.717, 1.165) is 19.3 Å².